The van der Waals surface area contributed by atoms with E-state index in [9.17, 15) is 0 Å². The average molecular weight is 196 g/mol. The molecule has 1 aromatic rings. The third kappa shape index (κ3) is 3.47. The summed E-state index contributed by atoms with van der Waals surface area (Å²) in [5.74, 6) is 5.48. The van der Waals surface area contributed by atoms with E-state index in [1.165, 1.54) is 12.8 Å². The molecular weight excluding hydrogens is 176 g/mol. The molecule has 0 aliphatic heterocycles. The van der Waals surface area contributed by atoms with E-state index in [1.807, 2.05) is 24.0 Å². The number of nitrogens with two attached hydrogens (primary N) is 1. The molecule has 4 nitrogen and oxygen atoms in total. The van der Waals surface area contributed by atoms with Crippen molar-refractivity contribution < 1.29 is 0 Å². The van der Waals surface area contributed by atoms with Gasteiger partial charge in [0.1, 0.15) is 0 Å². The largest absolute Gasteiger partial charge is 0.276 e. The maximum atomic E-state index is 5.48. The van der Waals surface area contributed by atoms with Crippen LogP contribution < -0.4 is 11.3 Å². The molecule has 1 heterocycles. The molecule has 0 saturated heterocycles. The second kappa shape index (κ2) is 5.78. The second-order valence-corrected chi connectivity index (χ2v) is 3.69. The molecule has 0 fully saturated rings. The van der Waals surface area contributed by atoms with Gasteiger partial charge in [-0.05, 0) is 12.5 Å². The van der Waals surface area contributed by atoms with Gasteiger partial charge in [0.25, 0.3) is 0 Å². The van der Waals surface area contributed by atoms with Crippen LogP contribution in [0.4, 0.5) is 0 Å². The van der Waals surface area contributed by atoms with E-state index in [-0.39, 0.29) is 0 Å². The summed E-state index contributed by atoms with van der Waals surface area (Å²) in [6.45, 7) is 2.19. The number of rotatable bonds is 6. The normalized spacial score (nSPS) is 13.1. The van der Waals surface area contributed by atoms with Gasteiger partial charge < -0.3 is 0 Å². The average Bonchev–Trinajstić information content (AvgIpc) is 2.58. The Morgan fingerprint density at radius 2 is 2.43 bits per heavy atom. The topological polar surface area (TPSA) is 55.9 Å². The van der Waals surface area contributed by atoms with Gasteiger partial charge in [0.15, 0.2) is 0 Å². The summed E-state index contributed by atoms with van der Waals surface area (Å²) in [6.07, 6.45) is 6.41. The molecule has 0 aliphatic rings. The van der Waals surface area contributed by atoms with E-state index in [4.69, 9.17) is 5.84 Å². The monoisotopic (exact) mass is 196 g/mol. The first kappa shape index (κ1) is 11.2. The molecule has 0 spiro atoms. The highest BCUT2D eigenvalue weighted by Crippen LogP contribution is 2.06. The standard InChI is InChI=1S/C10H20N4/c1-3-4-5-9(12-11)8-10-6-7-14(2)13-10/h6-7,9,12H,3-5,8,11H2,1-2H3. The lowest BCUT2D eigenvalue weighted by Crippen LogP contribution is -2.36. The molecule has 0 aromatic carbocycles. The minimum atomic E-state index is 0.352. The van der Waals surface area contributed by atoms with E-state index in [1.54, 1.807) is 0 Å². The van der Waals surface area contributed by atoms with Gasteiger partial charge in [-0.25, -0.2) is 0 Å². The lowest BCUT2D eigenvalue weighted by atomic mass is 10.1. The van der Waals surface area contributed by atoms with Crippen LogP contribution in [0.1, 0.15) is 31.9 Å². The number of aryl methyl sites for hydroxylation is 1. The first-order chi connectivity index (χ1) is 6.76. The number of nitrogens with zero attached hydrogens (tertiary/aromatic N) is 2. The van der Waals surface area contributed by atoms with Crippen molar-refractivity contribution in [3.63, 3.8) is 0 Å². The van der Waals surface area contributed by atoms with Gasteiger partial charge in [0.05, 0.1) is 5.69 Å². The molecular formula is C10H20N4. The zero-order chi connectivity index (χ0) is 10.4. The fraction of sp³-hybridized carbons (Fsp3) is 0.700. The molecule has 14 heavy (non-hydrogen) atoms. The van der Waals surface area contributed by atoms with Crippen LogP contribution in [0.15, 0.2) is 12.3 Å². The summed E-state index contributed by atoms with van der Waals surface area (Å²) in [4.78, 5) is 0. The molecule has 0 saturated carbocycles. The fourth-order valence-corrected chi connectivity index (χ4v) is 1.52. The zero-order valence-electron chi connectivity index (χ0n) is 9.03. The van der Waals surface area contributed by atoms with Gasteiger partial charge in [0.2, 0.25) is 0 Å². The van der Waals surface area contributed by atoms with Crippen molar-refractivity contribution in [2.75, 3.05) is 0 Å². The Morgan fingerprint density at radius 1 is 1.64 bits per heavy atom. The number of hydrogen-bond acceptors (Lipinski definition) is 3. The molecule has 1 atom stereocenters. The molecule has 3 N–H and O–H groups in total. The summed E-state index contributed by atoms with van der Waals surface area (Å²) < 4.78 is 1.82. The highest BCUT2D eigenvalue weighted by molar-refractivity contribution is 5.00. The van der Waals surface area contributed by atoms with Gasteiger partial charge in [-0.2, -0.15) is 5.10 Å². The van der Waals surface area contributed by atoms with Gasteiger partial charge >= 0.3 is 0 Å². The van der Waals surface area contributed by atoms with E-state index in [0.717, 1.165) is 18.5 Å². The predicted molar refractivity (Wildman–Crippen MR) is 57.5 cm³/mol. The molecule has 0 aliphatic carbocycles. The van der Waals surface area contributed by atoms with Crippen LogP contribution in [0.2, 0.25) is 0 Å². The lowest BCUT2D eigenvalue weighted by molar-refractivity contribution is 0.468. The quantitative estimate of drug-likeness (QED) is 0.527. The molecule has 4 heteroatoms. The minimum Gasteiger partial charge on any atom is -0.276 e. The van der Waals surface area contributed by atoms with Crippen molar-refractivity contribution in [1.82, 2.24) is 15.2 Å². The Bertz CT molecular complexity index is 256. The summed E-state index contributed by atoms with van der Waals surface area (Å²) >= 11 is 0. The molecule has 0 amide bonds. The number of hydrazine groups is 1. The van der Waals surface area contributed by atoms with Crippen molar-refractivity contribution >= 4 is 0 Å². The van der Waals surface area contributed by atoms with Gasteiger partial charge in [-0.3, -0.25) is 16.0 Å². The van der Waals surface area contributed by atoms with Crippen molar-refractivity contribution in [1.29, 1.82) is 0 Å². The first-order valence-corrected chi connectivity index (χ1v) is 5.21. The Morgan fingerprint density at radius 3 is 2.93 bits per heavy atom. The molecule has 0 bridgehead atoms. The molecule has 1 unspecified atom stereocenters. The SMILES string of the molecule is CCCCC(Cc1ccn(C)n1)NN. The Balaban J connectivity index is 2.40. The number of hydrogen-bond donors (Lipinski definition) is 2. The summed E-state index contributed by atoms with van der Waals surface area (Å²) in [5, 5.41) is 4.33. The first-order valence-electron chi connectivity index (χ1n) is 5.21. The minimum absolute atomic E-state index is 0.352. The van der Waals surface area contributed by atoms with Gasteiger partial charge in [0, 0.05) is 25.7 Å². The van der Waals surface area contributed by atoms with Gasteiger partial charge in [-0.1, -0.05) is 19.8 Å². The third-order valence-electron chi connectivity index (χ3n) is 2.37. The van der Waals surface area contributed by atoms with Crippen LogP contribution in [-0.2, 0) is 13.5 Å². The van der Waals surface area contributed by atoms with Crippen LogP contribution >= 0.6 is 0 Å². The van der Waals surface area contributed by atoms with Crippen molar-refractivity contribution in [2.45, 2.75) is 38.6 Å². The summed E-state index contributed by atoms with van der Waals surface area (Å²) in [7, 11) is 1.93. The van der Waals surface area contributed by atoms with Crippen LogP contribution in [0.5, 0.6) is 0 Å². The van der Waals surface area contributed by atoms with E-state index in [2.05, 4.69) is 17.4 Å². The number of unbranched alkanes of at least 4 members (excludes halogenated alkanes) is 1. The predicted octanol–water partition coefficient (Wildman–Crippen LogP) is 0.985. The molecule has 0 radical (unpaired) electrons. The van der Waals surface area contributed by atoms with Crippen LogP contribution in [0.3, 0.4) is 0 Å². The van der Waals surface area contributed by atoms with Gasteiger partial charge in [-0.15, -0.1) is 0 Å². The Labute approximate surface area is 85.5 Å². The highest BCUT2D eigenvalue weighted by atomic mass is 15.3. The molecule has 1 rings (SSSR count). The highest BCUT2D eigenvalue weighted by Gasteiger charge is 2.08. The Kier molecular flexibility index (Phi) is 4.62. The Hall–Kier alpha value is -0.870. The van der Waals surface area contributed by atoms with E-state index in [0.29, 0.717) is 6.04 Å². The fourth-order valence-electron chi connectivity index (χ4n) is 1.52. The smallest absolute Gasteiger partial charge is 0.0640 e. The summed E-state index contributed by atoms with van der Waals surface area (Å²) in [6, 6.07) is 2.39. The van der Waals surface area contributed by atoms with Crippen molar-refractivity contribution in [3.8, 4) is 0 Å². The molecule has 1 aromatic heterocycles. The van der Waals surface area contributed by atoms with Crippen molar-refractivity contribution in [2.24, 2.45) is 12.9 Å². The van der Waals surface area contributed by atoms with E-state index < -0.39 is 0 Å². The van der Waals surface area contributed by atoms with E-state index >= 15 is 0 Å². The lowest BCUT2D eigenvalue weighted by Gasteiger charge is -2.13. The summed E-state index contributed by atoms with van der Waals surface area (Å²) in [5.41, 5.74) is 3.95. The van der Waals surface area contributed by atoms with Crippen molar-refractivity contribution in [3.05, 3.63) is 18.0 Å². The van der Waals surface area contributed by atoms with Crippen LogP contribution in [0, 0.1) is 0 Å². The molecule has 80 valence electrons. The van der Waals surface area contributed by atoms with Crippen LogP contribution in [-0.4, -0.2) is 15.8 Å². The maximum Gasteiger partial charge on any atom is 0.0640 e. The second-order valence-electron chi connectivity index (χ2n) is 3.69. The van der Waals surface area contributed by atoms with Crippen LogP contribution in [0.25, 0.3) is 0 Å². The number of aromatic nitrogens is 2. The third-order valence-corrected chi connectivity index (χ3v) is 2.37. The zero-order valence-corrected chi connectivity index (χ0v) is 9.03. The maximum absolute atomic E-state index is 5.48. The number of nitrogens with one attached hydrogen (secondary N) is 1.